The van der Waals surface area contributed by atoms with E-state index in [0.29, 0.717) is 176 Å². The van der Waals surface area contributed by atoms with E-state index in [-0.39, 0.29) is 60.2 Å². The number of ether oxygens (including phenoxy) is 12. The summed E-state index contributed by atoms with van der Waals surface area (Å²) < 4.78 is 65.7. The highest BCUT2D eigenvalue weighted by atomic mass is 16.6. The standard InChI is InChI=1S/C50H79N7O18/c1-50(2,3)75-43(59)7-5-15-65-17-19-67-21-23-69-25-27-71-29-31-73-33-35-74-34-32-72-30-28-70-26-24-68-22-20-66-18-16-64-14-4-6-41(58)12-13-42(48(62)63)55-46(60)38-8-10-39(11-9-38)52-36-40-37-53-45-44(54-40)47(61)57-49(51)56-45/h8-11,37,42,52H,4-7,12-36H2,1-3H3,(H,55,60)(H,62,63)(H3,51,53,56,57,61)/t42-/m0/s1. The highest BCUT2D eigenvalue weighted by molar-refractivity contribution is 5.97. The normalized spacial score (nSPS) is 12.0. The van der Waals surface area contributed by atoms with Gasteiger partial charge in [0.15, 0.2) is 11.2 Å². The number of carboxylic acid groups (broad SMARTS) is 1. The van der Waals surface area contributed by atoms with Gasteiger partial charge in [-0.05, 0) is 64.3 Å². The zero-order valence-corrected chi connectivity index (χ0v) is 43.8. The second-order valence-corrected chi connectivity index (χ2v) is 17.4. The van der Waals surface area contributed by atoms with Gasteiger partial charge in [0.2, 0.25) is 5.95 Å². The van der Waals surface area contributed by atoms with E-state index in [1.54, 1.807) is 12.1 Å². The lowest BCUT2D eigenvalue weighted by molar-refractivity contribution is -0.155. The Morgan fingerprint density at radius 1 is 0.613 bits per heavy atom. The number of H-pyrrole nitrogens is 1. The number of carbonyl (C=O) groups excluding carboxylic acids is 3. The second kappa shape index (κ2) is 40.0. The summed E-state index contributed by atoms with van der Waals surface area (Å²) in [6.45, 7) is 15.4. The minimum absolute atomic E-state index is 0.0126. The first-order valence-corrected chi connectivity index (χ1v) is 25.3. The zero-order valence-electron chi connectivity index (χ0n) is 43.8. The van der Waals surface area contributed by atoms with E-state index < -0.39 is 29.1 Å². The number of aliphatic carboxylic acids is 1. The lowest BCUT2D eigenvalue weighted by Crippen LogP contribution is -2.41. The molecule has 25 heteroatoms. The molecular formula is C50H79N7O18. The molecule has 0 spiro atoms. The fraction of sp³-hybridized carbons (Fsp3) is 0.680. The van der Waals surface area contributed by atoms with E-state index in [2.05, 4.69) is 30.6 Å². The van der Waals surface area contributed by atoms with Crippen LogP contribution in [0, 0.1) is 0 Å². The van der Waals surface area contributed by atoms with Crippen LogP contribution in [0.1, 0.15) is 75.3 Å². The van der Waals surface area contributed by atoms with Crippen molar-refractivity contribution in [3.63, 3.8) is 0 Å². The molecule has 0 saturated carbocycles. The summed E-state index contributed by atoms with van der Waals surface area (Å²) in [5, 5.41) is 15.3. The Morgan fingerprint density at radius 3 is 1.47 bits per heavy atom. The van der Waals surface area contributed by atoms with E-state index in [1.807, 2.05) is 20.8 Å². The molecule has 1 aromatic carbocycles. The number of benzene rings is 1. The van der Waals surface area contributed by atoms with Crippen molar-refractivity contribution >= 4 is 46.4 Å². The largest absolute Gasteiger partial charge is 0.480 e. The molecule has 3 rings (SSSR count). The van der Waals surface area contributed by atoms with Gasteiger partial charge in [-0.15, -0.1) is 0 Å². The predicted molar refractivity (Wildman–Crippen MR) is 273 cm³/mol. The monoisotopic (exact) mass is 1070 g/mol. The maximum absolute atomic E-state index is 12.8. The van der Waals surface area contributed by atoms with Gasteiger partial charge in [0.05, 0.1) is 151 Å². The van der Waals surface area contributed by atoms with Gasteiger partial charge in [0.1, 0.15) is 17.4 Å². The molecule has 0 fully saturated rings. The number of nitrogens with one attached hydrogen (secondary N) is 3. The molecule has 0 aliphatic heterocycles. The zero-order chi connectivity index (χ0) is 54.2. The van der Waals surface area contributed by atoms with Crippen LogP contribution in [-0.4, -0.2) is 206 Å². The van der Waals surface area contributed by atoms with E-state index in [4.69, 9.17) is 62.6 Å². The van der Waals surface area contributed by atoms with Crippen LogP contribution in [0.15, 0.2) is 35.3 Å². The summed E-state index contributed by atoms with van der Waals surface area (Å²) >= 11 is 0. The number of aromatic nitrogens is 4. The lowest BCUT2D eigenvalue weighted by atomic mass is 10.1. The van der Waals surface area contributed by atoms with Crippen molar-refractivity contribution < 1.29 is 81.1 Å². The third kappa shape index (κ3) is 32.7. The van der Waals surface area contributed by atoms with Crippen molar-refractivity contribution in [1.29, 1.82) is 0 Å². The van der Waals surface area contributed by atoms with Gasteiger partial charge in [-0.25, -0.2) is 14.8 Å². The topological polar surface area (TPSA) is 321 Å². The van der Waals surface area contributed by atoms with Crippen molar-refractivity contribution in [2.45, 2.75) is 77.5 Å². The molecule has 75 heavy (non-hydrogen) atoms. The highest BCUT2D eigenvalue weighted by Crippen LogP contribution is 2.13. The van der Waals surface area contributed by atoms with Crippen LogP contribution in [0.4, 0.5) is 11.6 Å². The third-order valence-electron chi connectivity index (χ3n) is 9.98. The molecule has 2 aromatic heterocycles. The van der Waals surface area contributed by atoms with E-state index in [9.17, 15) is 29.1 Å². The van der Waals surface area contributed by atoms with Crippen molar-refractivity contribution in [1.82, 2.24) is 25.3 Å². The van der Waals surface area contributed by atoms with Crippen LogP contribution in [0.25, 0.3) is 11.2 Å². The molecule has 0 radical (unpaired) electrons. The number of esters is 1. The number of nitrogens with two attached hydrogens (primary N) is 1. The number of fused-ring (bicyclic) bond motifs is 1. The summed E-state index contributed by atoms with van der Waals surface area (Å²) in [7, 11) is 0. The number of nitrogens with zero attached hydrogens (tertiary/aromatic N) is 3. The lowest BCUT2D eigenvalue weighted by Gasteiger charge is -2.19. The Hall–Kier alpha value is -5.32. The number of hydrogen-bond donors (Lipinski definition) is 5. The molecule has 422 valence electrons. The van der Waals surface area contributed by atoms with Gasteiger partial charge in [-0.2, -0.15) is 4.98 Å². The minimum atomic E-state index is -1.24. The average molecular weight is 1070 g/mol. The van der Waals surface area contributed by atoms with E-state index >= 15 is 0 Å². The molecule has 6 N–H and O–H groups in total. The summed E-state index contributed by atoms with van der Waals surface area (Å²) in [5.41, 5.74) is 6.10. The number of amides is 1. The molecule has 0 saturated heterocycles. The molecule has 0 bridgehead atoms. The van der Waals surface area contributed by atoms with Crippen LogP contribution in [-0.2, 0) is 77.8 Å². The van der Waals surface area contributed by atoms with Gasteiger partial charge in [-0.1, -0.05) is 0 Å². The number of carboxylic acids is 1. The van der Waals surface area contributed by atoms with Gasteiger partial charge in [-0.3, -0.25) is 24.2 Å². The van der Waals surface area contributed by atoms with E-state index in [0.717, 1.165) is 0 Å². The van der Waals surface area contributed by atoms with Crippen molar-refractivity contribution in [3.8, 4) is 0 Å². The van der Waals surface area contributed by atoms with Gasteiger partial charge in [0, 0.05) is 43.7 Å². The van der Waals surface area contributed by atoms with Crippen LogP contribution >= 0.6 is 0 Å². The quantitative estimate of drug-likeness (QED) is 0.0401. The molecule has 2 heterocycles. The number of nitrogen functional groups attached to an aromatic ring is 1. The first-order chi connectivity index (χ1) is 36.3. The Balaban J connectivity index is 0.999. The summed E-state index contributed by atoms with van der Waals surface area (Å²) in [5.74, 6) is -2.24. The fourth-order valence-corrected chi connectivity index (χ4v) is 6.30. The molecule has 25 nitrogen and oxygen atoms in total. The van der Waals surface area contributed by atoms with Crippen molar-refractivity contribution in [2.24, 2.45) is 0 Å². The molecule has 1 atom stereocenters. The maximum atomic E-state index is 12.8. The number of anilines is 2. The second-order valence-electron chi connectivity index (χ2n) is 17.4. The molecule has 0 unspecified atom stereocenters. The number of carbonyl (C=O) groups is 4. The number of aromatic amines is 1. The number of ketones is 1. The smallest absolute Gasteiger partial charge is 0.326 e. The predicted octanol–water partition coefficient (Wildman–Crippen LogP) is 2.52. The fourth-order valence-electron chi connectivity index (χ4n) is 6.30. The minimum Gasteiger partial charge on any atom is -0.480 e. The number of hydrogen-bond acceptors (Lipinski definition) is 22. The SMILES string of the molecule is CC(C)(C)OC(=O)CCCOCCOCCOCCOCCOCCOCCOCCOCCOCCOCCOCCCC(=O)CC[C@H](NC(=O)c1ccc(NCc2cnc3nc(N)[nH]c(=O)c3n2)cc1)C(=O)O. The van der Waals surface area contributed by atoms with Crippen LogP contribution in [0.5, 0.6) is 0 Å². The van der Waals surface area contributed by atoms with Gasteiger partial charge >= 0.3 is 11.9 Å². The van der Waals surface area contributed by atoms with Gasteiger partial charge < -0.3 is 78.3 Å². The first kappa shape index (κ1) is 64.0. The molecular weight excluding hydrogens is 987 g/mol. The number of rotatable bonds is 47. The molecule has 1 amide bonds. The summed E-state index contributed by atoms with van der Waals surface area (Å²) in [4.78, 5) is 75.6. The number of Topliss-reactive ketones (excluding diaryl/α,β-unsaturated/α-hetero) is 1. The molecule has 0 aliphatic rings. The van der Waals surface area contributed by atoms with Crippen LogP contribution < -0.4 is 21.9 Å². The van der Waals surface area contributed by atoms with Crippen molar-refractivity contribution in [2.75, 3.05) is 156 Å². The summed E-state index contributed by atoms with van der Waals surface area (Å²) in [6.07, 6.45) is 3.03. The Bertz CT molecular complexity index is 2090. The Morgan fingerprint density at radius 2 is 1.04 bits per heavy atom. The van der Waals surface area contributed by atoms with Crippen LogP contribution in [0.3, 0.4) is 0 Å². The average Bonchev–Trinajstić information content (AvgIpc) is 3.37. The maximum Gasteiger partial charge on any atom is 0.326 e. The third-order valence-corrected chi connectivity index (χ3v) is 9.98. The Labute approximate surface area is 437 Å². The van der Waals surface area contributed by atoms with E-state index in [1.165, 1.54) is 18.3 Å². The summed E-state index contributed by atoms with van der Waals surface area (Å²) in [6, 6.07) is 5.09. The highest BCUT2D eigenvalue weighted by Gasteiger charge is 2.22. The van der Waals surface area contributed by atoms with Gasteiger partial charge in [0.25, 0.3) is 11.5 Å². The molecule has 3 aromatic rings. The molecule has 0 aliphatic carbocycles. The van der Waals surface area contributed by atoms with Crippen LogP contribution in [0.2, 0.25) is 0 Å². The first-order valence-electron chi connectivity index (χ1n) is 25.3. The Kier molecular flexibility index (Phi) is 34.1. The van der Waals surface area contributed by atoms with Crippen molar-refractivity contribution in [3.05, 3.63) is 52.1 Å².